The van der Waals surface area contributed by atoms with E-state index < -0.39 is 12.0 Å². The van der Waals surface area contributed by atoms with Crippen LogP contribution in [0.4, 0.5) is 0 Å². The third-order valence-electron chi connectivity index (χ3n) is 2.16. The first-order valence-electron chi connectivity index (χ1n) is 5.63. The lowest BCUT2D eigenvalue weighted by Crippen LogP contribution is -2.33. The maximum atomic E-state index is 11.8. The van der Waals surface area contributed by atoms with Gasteiger partial charge >= 0.3 is 5.97 Å². The van der Waals surface area contributed by atoms with Gasteiger partial charge in [-0.05, 0) is 12.0 Å². The third kappa shape index (κ3) is 4.26. The topological polar surface area (TPSA) is 55.4 Å². The molecule has 0 fully saturated rings. The highest BCUT2D eigenvalue weighted by Crippen LogP contribution is 2.14. The van der Waals surface area contributed by atoms with E-state index in [-0.39, 0.29) is 5.91 Å². The fourth-order valence-electron chi connectivity index (χ4n) is 1.41. The van der Waals surface area contributed by atoms with Crippen molar-refractivity contribution in [2.75, 3.05) is 6.61 Å². The molecule has 0 aliphatic carbocycles. The molecule has 92 valence electrons. The van der Waals surface area contributed by atoms with E-state index in [1.165, 1.54) is 6.92 Å². The zero-order chi connectivity index (χ0) is 12.7. The predicted molar refractivity (Wildman–Crippen MR) is 64.2 cm³/mol. The van der Waals surface area contributed by atoms with Gasteiger partial charge in [0.25, 0.3) is 0 Å². The molecular weight excluding hydrogens is 218 g/mol. The van der Waals surface area contributed by atoms with Crippen LogP contribution in [-0.2, 0) is 14.3 Å². The minimum Gasteiger partial charge on any atom is -0.464 e. The lowest BCUT2D eigenvalue weighted by Gasteiger charge is -2.16. The van der Waals surface area contributed by atoms with Gasteiger partial charge in [0.05, 0.1) is 6.61 Å². The Balaban J connectivity index is 2.80. The number of hydrogen-bond acceptors (Lipinski definition) is 3. The van der Waals surface area contributed by atoms with E-state index in [9.17, 15) is 9.59 Å². The minimum atomic E-state index is -0.722. The van der Waals surface area contributed by atoms with Crippen LogP contribution in [0, 0.1) is 0 Å². The van der Waals surface area contributed by atoms with Crippen LogP contribution in [0.25, 0.3) is 0 Å². The van der Waals surface area contributed by atoms with E-state index in [0.29, 0.717) is 6.61 Å². The Kier molecular flexibility index (Phi) is 5.20. The number of hydrogen-bond donors (Lipinski definition) is 1. The van der Waals surface area contributed by atoms with Gasteiger partial charge in [0.2, 0.25) is 5.91 Å². The Labute approximate surface area is 101 Å². The summed E-state index contributed by atoms with van der Waals surface area (Å²) >= 11 is 0. The summed E-state index contributed by atoms with van der Waals surface area (Å²) in [5.74, 6) is -0.680. The summed E-state index contributed by atoms with van der Waals surface area (Å²) in [6, 6.07) is 8.34. The highest BCUT2D eigenvalue weighted by molar-refractivity contribution is 5.84. The number of esters is 1. The van der Waals surface area contributed by atoms with E-state index in [2.05, 4.69) is 5.32 Å². The molecule has 1 aromatic rings. The molecule has 1 atom stereocenters. The second-order valence-electron chi connectivity index (χ2n) is 3.71. The largest absolute Gasteiger partial charge is 0.464 e. The smallest absolute Gasteiger partial charge is 0.333 e. The first-order valence-corrected chi connectivity index (χ1v) is 5.63. The maximum Gasteiger partial charge on any atom is 0.333 e. The fraction of sp³-hybridized carbons (Fsp3) is 0.385. The van der Waals surface area contributed by atoms with Crippen LogP contribution in [0.2, 0.25) is 0 Å². The molecule has 1 unspecified atom stereocenters. The zero-order valence-corrected chi connectivity index (χ0v) is 10.1. The molecule has 1 N–H and O–H groups in total. The minimum absolute atomic E-state index is 0.257. The summed E-state index contributed by atoms with van der Waals surface area (Å²) in [6.07, 6.45) is 0.757. The van der Waals surface area contributed by atoms with Gasteiger partial charge in [-0.25, -0.2) is 4.79 Å². The predicted octanol–water partition coefficient (Wildman–Crippen LogP) is 1.82. The Morgan fingerprint density at radius 3 is 2.47 bits per heavy atom. The summed E-state index contributed by atoms with van der Waals surface area (Å²) in [4.78, 5) is 22.9. The van der Waals surface area contributed by atoms with Crippen LogP contribution in [-0.4, -0.2) is 18.5 Å². The van der Waals surface area contributed by atoms with Gasteiger partial charge in [0.15, 0.2) is 6.04 Å². The molecule has 4 nitrogen and oxygen atoms in total. The normalized spacial score (nSPS) is 11.6. The van der Waals surface area contributed by atoms with Crippen LogP contribution >= 0.6 is 0 Å². The second kappa shape index (κ2) is 6.68. The molecule has 1 aromatic carbocycles. The zero-order valence-electron chi connectivity index (χ0n) is 10.1. The fourth-order valence-corrected chi connectivity index (χ4v) is 1.41. The molecule has 0 radical (unpaired) electrons. The first kappa shape index (κ1) is 13.2. The average Bonchev–Trinajstić information content (AvgIpc) is 2.34. The molecule has 0 aromatic heterocycles. The standard InChI is InChI=1S/C13H17NO3/c1-3-9-17-13(16)12(14-10(2)15)11-7-5-4-6-8-11/h4-8,12H,3,9H2,1-2H3,(H,14,15). The molecule has 4 heteroatoms. The van der Waals surface area contributed by atoms with Crippen molar-refractivity contribution < 1.29 is 14.3 Å². The van der Waals surface area contributed by atoms with Crippen LogP contribution in [0.1, 0.15) is 31.9 Å². The van der Waals surface area contributed by atoms with Gasteiger partial charge in [-0.3, -0.25) is 4.79 Å². The molecular formula is C13H17NO3. The number of carbonyl (C=O) groups is 2. The summed E-state index contributed by atoms with van der Waals surface area (Å²) < 4.78 is 5.05. The van der Waals surface area contributed by atoms with E-state index in [0.717, 1.165) is 12.0 Å². The number of benzene rings is 1. The van der Waals surface area contributed by atoms with Crippen LogP contribution in [0.15, 0.2) is 30.3 Å². The molecule has 1 rings (SSSR count). The molecule has 0 saturated carbocycles. The van der Waals surface area contributed by atoms with Gasteiger partial charge < -0.3 is 10.1 Å². The van der Waals surface area contributed by atoms with E-state index in [1.54, 1.807) is 12.1 Å². The van der Waals surface area contributed by atoms with Crippen molar-refractivity contribution in [3.05, 3.63) is 35.9 Å². The summed E-state index contributed by atoms with van der Waals surface area (Å²) in [6.45, 7) is 3.66. The summed E-state index contributed by atoms with van der Waals surface area (Å²) in [5, 5.41) is 2.59. The van der Waals surface area contributed by atoms with Gasteiger partial charge in [-0.1, -0.05) is 37.3 Å². The van der Waals surface area contributed by atoms with Crippen LogP contribution < -0.4 is 5.32 Å². The Morgan fingerprint density at radius 2 is 1.94 bits per heavy atom. The molecule has 17 heavy (non-hydrogen) atoms. The van der Waals surface area contributed by atoms with Crippen molar-refractivity contribution in [2.24, 2.45) is 0 Å². The molecule has 0 aliphatic heterocycles. The van der Waals surface area contributed by atoms with Crippen molar-refractivity contribution >= 4 is 11.9 Å². The Hall–Kier alpha value is -1.84. The quantitative estimate of drug-likeness (QED) is 0.792. The van der Waals surface area contributed by atoms with Crippen molar-refractivity contribution in [3.63, 3.8) is 0 Å². The average molecular weight is 235 g/mol. The van der Waals surface area contributed by atoms with Crippen molar-refractivity contribution in [1.82, 2.24) is 5.32 Å². The SMILES string of the molecule is CCCOC(=O)C(NC(C)=O)c1ccccc1. The maximum absolute atomic E-state index is 11.8. The molecule has 0 saturated heterocycles. The van der Waals surface area contributed by atoms with Gasteiger partial charge in [0.1, 0.15) is 0 Å². The highest BCUT2D eigenvalue weighted by atomic mass is 16.5. The van der Waals surface area contributed by atoms with Gasteiger partial charge in [-0.2, -0.15) is 0 Å². The second-order valence-corrected chi connectivity index (χ2v) is 3.71. The van der Waals surface area contributed by atoms with E-state index in [1.807, 2.05) is 25.1 Å². The molecule has 0 spiro atoms. The summed E-state index contributed by atoms with van der Waals surface area (Å²) in [5.41, 5.74) is 0.726. The lowest BCUT2D eigenvalue weighted by molar-refractivity contribution is -0.148. The van der Waals surface area contributed by atoms with Crippen LogP contribution in [0.3, 0.4) is 0 Å². The van der Waals surface area contributed by atoms with Gasteiger partial charge in [-0.15, -0.1) is 0 Å². The van der Waals surface area contributed by atoms with E-state index in [4.69, 9.17) is 4.74 Å². The van der Waals surface area contributed by atoms with Crippen molar-refractivity contribution in [1.29, 1.82) is 0 Å². The molecule has 0 bridgehead atoms. The molecule has 1 amide bonds. The number of nitrogens with one attached hydrogen (secondary N) is 1. The monoisotopic (exact) mass is 235 g/mol. The molecule has 0 aliphatic rings. The summed E-state index contributed by atoms with van der Waals surface area (Å²) in [7, 11) is 0. The van der Waals surface area contributed by atoms with E-state index >= 15 is 0 Å². The Bertz CT molecular complexity index is 376. The Morgan fingerprint density at radius 1 is 1.29 bits per heavy atom. The number of rotatable bonds is 5. The van der Waals surface area contributed by atoms with Crippen molar-refractivity contribution in [3.8, 4) is 0 Å². The van der Waals surface area contributed by atoms with Crippen molar-refractivity contribution in [2.45, 2.75) is 26.3 Å². The van der Waals surface area contributed by atoms with Gasteiger partial charge in [0, 0.05) is 6.92 Å². The number of ether oxygens (including phenoxy) is 1. The number of carbonyl (C=O) groups excluding carboxylic acids is 2. The van der Waals surface area contributed by atoms with Crippen LogP contribution in [0.5, 0.6) is 0 Å². The lowest BCUT2D eigenvalue weighted by atomic mass is 10.1. The third-order valence-corrected chi connectivity index (χ3v) is 2.16. The highest BCUT2D eigenvalue weighted by Gasteiger charge is 2.22. The first-order chi connectivity index (χ1) is 8.15. The molecule has 0 heterocycles. The number of amides is 1.